The van der Waals surface area contributed by atoms with Crippen LogP contribution in [-0.4, -0.2) is 24.1 Å². The molecule has 0 fully saturated rings. The summed E-state index contributed by atoms with van der Waals surface area (Å²) in [5, 5.41) is 0. The summed E-state index contributed by atoms with van der Waals surface area (Å²) in [5.74, 6) is -1.19. The van der Waals surface area contributed by atoms with E-state index in [1.54, 1.807) is 52.0 Å². The SMILES string of the molecule is CC(C)OC(=O)C(C)(C(=O)OC(C)C)c1ccccc1. The Balaban J connectivity index is 3.19. The first-order valence-electron chi connectivity index (χ1n) is 6.76. The molecule has 20 heavy (non-hydrogen) atoms. The average Bonchev–Trinajstić information content (AvgIpc) is 2.37. The van der Waals surface area contributed by atoms with Gasteiger partial charge in [-0.3, -0.25) is 9.59 Å². The molecule has 1 aromatic carbocycles. The van der Waals surface area contributed by atoms with E-state index in [9.17, 15) is 9.59 Å². The maximum atomic E-state index is 12.4. The number of hydrogen-bond donors (Lipinski definition) is 0. The maximum absolute atomic E-state index is 12.4. The van der Waals surface area contributed by atoms with Crippen LogP contribution in [-0.2, 0) is 24.5 Å². The molecule has 1 aromatic rings. The molecule has 1 rings (SSSR count). The topological polar surface area (TPSA) is 52.6 Å². The van der Waals surface area contributed by atoms with E-state index < -0.39 is 17.4 Å². The summed E-state index contributed by atoms with van der Waals surface area (Å²) >= 11 is 0. The third-order valence-corrected chi connectivity index (χ3v) is 2.85. The Morgan fingerprint density at radius 2 is 1.30 bits per heavy atom. The molecular weight excluding hydrogens is 256 g/mol. The summed E-state index contributed by atoms with van der Waals surface area (Å²) in [6.07, 6.45) is -0.588. The van der Waals surface area contributed by atoms with Gasteiger partial charge in [0.15, 0.2) is 5.41 Å². The fourth-order valence-corrected chi connectivity index (χ4v) is 1.75. The molecule has 0 saturated heterocycles. The molecule has 0 radical (unpaired) electrons. The lowest BCUT2D eigenvalue weighted by molar-refractivity contribution is -0.168. The Kier molecular flexibility index (Phi) is 5.31. The van der Waals surface area contributed by atoms with Crippen LogP contribution < -0.4 is 0 Å². The molecule has 4 heteroatoms. The number of carbonyl (C=O) groups excluding carboxylic acids is 2. The van der Waals surface area contributed by atoms with Gasteiger partial charge < -0.3 is 9.47 Å². The lowest BCUT2D eigenvalue weighted by Gasteiger charge is -2.27. The number of ether oxygens (including phenoxy) is 2. The maximum Gasteiger partial charge on any atom is 0.328 e. The Labute approximate surface area is 120 Å². The minimum Gasteiger partial charge on any atom is -0.462 e. The predicted molar refractivity (Wildman–Crippen MR) is 76.3 cm³/mol. The summed E-state index contributed by atoms with van der Waals surface area (Å²) in [6.45, 7) is 8.53. The second-order valence-corrected chi connectivity index (χ2v) is 5.40. The van der Waals surface area contributed by atoms with E-state index in [0.29, 0.717) is 5.56 Å². The van der Waals surface area contributed by atoms with Crippen molar-refractivity contribution in [2.75, 3.05) is 0 Å². The first-order chi connectivity index (χ1) is 9.28. The van der Waals surface area contributed by atoms with Crippen molar-refractivity contribution in [1.82, 2.24) is 0 Å². The van der Waals surface area contributed by atoms with Crippen LogP contribution in [0.2, 0.25) is 0 Å². The lowest BCUT2D eigenvalue weighted by Crippen LogP contribution is -2.45. The zero-order valence-corrected chi connectivity index (χ0v) is 12.7. The van der Waals surface area contributed by atoms with Crippen molar-refractivity contribution in [1.29, 1.82) is 0 Å². The highest BCUT2D eigenvalue weighted by atomic mass is 16.6. The van der Waals surface area contributed by atoms with Gasteiger partial charge in [-0.2, -0.15) is 0 Å². The van der Waals surface area contributed by atoms with E-state index in [2.05, 4.69) is 0 Å². The van der Waals surface area contributed by atoms with E-state index in [1.807, 2.05) is 6.07 Å². The Bertz CT molecular complexity index is 441. The van der Waals surface area contributed by atoms with E-state index in [0.717, 1.165) is 0 Å². The van der Waals surface area contributed by atoms with Gasteiger partial charge in [0.2, 0.25) is 0 Å². The van der Waals surface area contributed by atoms with Gasteiger partial charge >= 0.3 is 11.9 Å². The van der Waals surface area contributed by atoms with Gasteiger partial charge in [0.05, 0.1) is 12.2 Å². The fourth-order valence-electron chi connectivity index (χ4n) is 1.75. The fraction of sp³-hybridized carbons (Fsp3) is 0.500. The summed E-state index contributed by atoms with van der Waals surface area (Å²) < 4.78 is 10.5. The third-order valence-electron chi connectivity index (χ3n) is 2.85. The van der Waals surface area contributed by atoms with E-state index in [4.69, 9.17) is 9.47 Å². The zero-order valence-electron chi connectivity index (χ0n) is 12.7. The number of esters is 2. The van der Waals surface area contributed by atoms with Gasteiger partial charge in [-0.05, 0) is 40.2 Å². The molecule has 0 aliphatic rings. The first kappa shape index (κ1) is 16.2. The predicted octanol–water partition coefficient (Wildman–Crippen LogP) is 2.85. The van der Waals surface area contributed by atoms with Crippen LogP contribution in [0.15, 0.2) is 30.3 Å². The van der Waals surface area contributed by atoms with Crippen LogP contribution in [0, 0.1) is 0 Å². The Morgan fingerprint density at radius 3 is 1.65 bits per heavy atom. The number of hydrogen-bond acceptors (Lipinski definition) is 4. The van der Waals surface area contributed by atoms with Gasteiger partial charge in [0, 0.05) is 0 Å². The normalized spacial score (nSPS) is 11.6. The molecule has 0 aromatic heterocycles. The minimum atomic E-state index is -1.45. The molecule has 0 spiro atoms. The molecule has 4 nitrogen and oxygen atoms in total. The van der Waals surface area contributed by atoms with Crippen molar-refractivity contribution < 1.29 is 19.1 Å². The third kappa shape index (κ3) is 3.59. The Morgan fingerprint density at radius 1 is 0.900 bits per heavy atom. The minimum absolute atomic E-state index is 0.294. The smallest absolute Gasteiger partial charge is 0.328 e. The first-order valence-corrected chi connectivity index (χ1v) is 6.76. The van der Waals surface area contributed by atoms with Gasteiger partial charge in [-0.1, -0.05) is 30.3 Å². The highest BCUT2D eigenvalue weighted by Gasteiger charge is 2.46. The molecule has 0 heterocycles. The molecule has 0 unspecified atom stereocenters. The number of carbonyl (C=O) groups is 2. The molecule has 0 N–H and O–H groups in total. The van der Waals surface area contributed by atoms with Crippen molar-refractivity contribution in [3.05, 3.63) is 35.9 Å². The summed E-state index contributed by atoms with van der Waals surface area (Å²) in [7, 11) is 0. The quantitative estimate of drug-likeness (QED) is 0.614. The zero-order chi connectivity index (χ0) is 15.3. The van der Waals surface area contributed by atoms with E-state index >= 15 is 0 Å². The standard InChI is InChI=1S/C16H22O4/c1-11(2)19-14(17)16(5,15(18)20-12(3)4)13-9-7-6-8-10-13/h6-12H,1-5H3. The molecule has 0 aliphatic heterocycles. The van der Waals surface area contributed by atoms with Crippen LogP contribution in [0.1, 0.15) is 40.2 Å². The second-order valence-electron chi connectivity index (χ2n) is 5.40. The van der Waals surface area contributed by atoms with Gasteiger partial charge in [-0.25, -0.2) is 0 Å². The van der Waals surface area contributed by atoms with E-state index in [1.165, 1.54) is 6.92 Å². The van der Waals surface area contributed by atoms with Crippen LogP contribution in [0.3, 0.4) is 0 Å². The average molecular weight is 278 g/mol. The van der Waals surface area contributed by atoms with Crippen molar-refractivity contribution in [3.8, 4) is 0 Å². The van der Waals surface area contributed by atoms with Crippen LogP contribution >= 0.6 is 0 Å². The molecule has 110 valence electrons. The van der Waals surface area contributed by atoms with Crippen LogP contribution in [0.4, 0.5) is 0 Å². The summed E-state index contributed by atoms with van der Waals surface area (Å²) in [4.78, 5) is 24.8. The van der Waals surface area contributed by atoms with Crippen molar-refractivity contribution in [2.45, 2.75) is 52.2 Å². The van der Waals surface area contributed by atoms with Gasteiger partial charge in [-0.15, -0.1) is 0 Å². The highest BCUT2D eigenvalue weighted by Crippen LogP contribution is 2.28. The number of benzene rings is 1. The monoisotopic (exact) mass is 278 g/mol. The Hall–Kier alpha value is -1.84. The molecular formula is C16H22O4. The van der Waals surface area contributed by atoms with Crippen LogP contribution in [0.5, 0.6) is 0 Å². The van der Waals surface area contributed by atoms with Gasteiger partial charge in [0.25, 0.3) is 0 Å². The van der Waals surface area contributed by atoms with E-state index in [-0.39, 0.29) is 12.2 Å². The van der Waals surface area contributed by atoms with Crippen molar-refractivity contribution in [2.24, 2.45) is 0 Å². The molecule has 0 saturated carbocycles. The second kappa shape index (κ2) is 6.55. The number of rotatable bonds is 5. The van der Waals surface area contributed by atoms with Crippen molar-refractivity contribution >= 4 is 11.9 Å². The molecule has 0 atom stereocenters. The lowest BCUT2D eigenvalue weighted by atomic mass is 9.82. The highest BCUT2D eigenvalue weighted by molar-refractivity contribution is 6.06. The van der Waals surface area contributed by atoms with Gasteiger partial charge in [0.1, 0.15) is 0 Å². The van der Waals surface area contributed by atoms with Crippen LogP contribution in [0.25, 0.3) is 0 Å². The largest absolute Gasteiger partial charge is 0.462 e. The van der Waals surface area contributed by atoms with Crippen molar-refractivity contribution in [3.63, 3.8) is 0 Å². The summed E-state index contributed by atoms with van der Waals surface area (Å²) in [5.41, 5.74) is -0.883. The molecule has 0 amide bonds. The molecule has 0 aliphatic carbocycles. The summed E-state index contributed by atoms with van der Waals surface area (Å²) in [6, 6.07) is 8.83. The molecule has 0 bridgehead atoms.